The van der Waals surface area contributed by atoms with Gasteiger partial charge in [-0.25, -0.2) is 4.79 Å². The first-order valence-corrected chi connectivity index (χ1v) is 7.87. The summed E-state index contributed by atoms with van der Waals surface area (Å²) in [5, 5.41) is 30.3. The first-order chi connectivity index (χ1) is 10.2. The van der Waals surface area contributed by atoms with Crippen LogP contribution >= 0.6 is 0 Å². The molecule has 0 heterocycles. The lowest BCUT2D eigenvalue weighted by atomic mass is 9.56. The highest BCUT2D eigenvalue weighted by Gasteiger charge is 2.52. The van der Waals surface area contributed by atoms with Crippen LogP contribution in [0.25, 0.3) is 0 Å². The number of aliphatic hydroxyl groups is 2. The van der Waals surface area contributed by atoms with Crippen LogP contribution in [0.5, 0.6) is 0 Å². The largest absolute Gasteiger partial charge is 0.478 e. The molecule has 6 atom stereocenters. The van der Waals surface area contributed by atoms with Crippen LogP contribution in [0.3, 0.4) is 0 Å². The second kappa shape index (κ2) is 6.01. The maximum Gasteiger partial charge on any atom is 0.328 e. The van der Waals surface area contributed by atoms with Crippen molar-refractivity contribution >= 4 is 5.97 Å². The van der Waals surface area contributed by atoms with Crippen molar-refractivity contribution in [1.29, 1.82) is 0 Å². The minimum atomic E-state index is -1.02. The van der Waals surface area contributed by atoms with Gasteiger partial charge < -0.3 is 15.3 Å². The maximum absolute atomic E-state index is 11.2. The first kappa shape index (κ1) is 17.0. The van der Waals surface area contributed by atoms with Gasteiger partial charge in [0.1, 0.15) is 0 Å². The van der Waals surface area contributed by atoms with E-state index in [2.05, 4.69) is 13.0 Å². The predicted octanol–water partition coefficient (Wildman–Crippen LogP) is 2.53. The first-order valence-electron chi connectivity index (χ1n) is 7.87. The van der Waals surface area contributed by atoms with E-state index in [1.54, 1.807) is 12.2 Å². The summed E-state index contributed by atoms with van der Waals surface area (Å²) in [7, 11) is 0. The molecule has 1 saturated carbocycles. The quantitative estimate of drug-likeness (QED) is 0.425. The van der Waals surface area contributed by atoms with Gasteiger partial charge in [0.25, 0.3) is 0 Å². The molecule has 3 N–H and O–H groups in total. The van der Waals surface area contributed by atoms with E-state index in [9.17, 15) is 15.0 Å². The SMILES string of the molecule is C[C@@H]1C[C@@](C)(O)C[C@@H]2C=C[C@H](C)[C@](O)(/C=C/C=C/C(=O)O)[C@@H]12. The zero-order chi connectivity index (χ0) is 16.5. The van der Waals surface area contributed by atoms with Gasteiger partial charge in [-0.15, -0.1) is 0 Å². The van der Waals surface area contributed by atoms with Gasteiger partial charge in [0, 0.05) is 17.9 Å². The summed E-state index contributed by atoms with van der Waals surface area (Å²) in [4.78, 5) is 10.5. The standard InChI is InChI=1S/C18H26O4/c1-12-10-17(3,21)11-14-8-7-13(2)18(22,16(12)14)9-5-4-6-15(19)20/h4-9,12-14,16,21-22H,10-11H2,1-3H3,(H,19,20)/b6-4+,9-5+/t12-,13+,14+,16+,17-,18-/m1/s1. The van der Waals surface area contributed by atoms with Crippen LogP contribution in [0.1, 0.15) is 33.6 Å². The fraction of sp³-hybridized carbons (Fsp3) is 0.611. The lowest BCUT2D eigenvalue weighted by Crippen LogP contribution is -2.55. The second-order valence-electron chi connectivity index (χ2n) is 7.19. The van der Waals surface area contributed by atoms with Crippen molar-refractivity contribution in [2.75, 3.05) is 0 Å². The van der Waals surface area contributed by atoms with Gasteiger partial charge in [0.05, 0.1) is 11.2 Å². The number of carboxylic acids is 1. The molecule has 2 aliphatic carbocycles. The number of allylic oxidation sites excluding steroid dienone is 3. The number of aliphatic carboxylic acids is 1. The summed E-state index contributed by atoms with van der Waals surface area (Å²) in [5.41, 5.74) is -1.71. The summed E-state index contributed by atoms with van der Waals surface area (Å²) in [6, 6.07) is 0. The summed E-state index contributed by atoms with van der Waals surface area (Å²) in [5.74, 6) is -0.712. The lowest BCUT2D eigenvalue weighted by Gasteiger charge is -2.52. The van der Waals surface area contributed by atoms with Crippen molar-refractivity contribution in [3.8, 4) is 0 Å². The molecule has 0 spiro atoms. The van der Waals surface area contributed by atoms with E-state index >= 15 is 0 Å². The average molecular weight is 306 g/mol. The molecule has 0 radical (unpaired) electrons. The van der Waals surface area contributed by atoms with Gasteiger partial charge in [0.2, 0.25) is 0 Å². The van der Waals surface area contributed by atoms with Crippen molar-refractivity contribution in [3.05, 3.63) is 36.5 Å². The molecule has 0 bridgehead atoms. The molecule has 0 aromatic carbocycles. The van der Waals surface area contributed by atoms with E-state index in [0.717, 1.165) is 6.08 Å². The molecule has 22 heavy (non-hydrogen) atoms. The Bertz CT molecular complexity index is 517. The molecule has 0 amide bonds. The highest BCUT2D eigenvalue weighted by molar-refractivity contribution is 5.80. The Hall–Kier alpha value is -1.39. The van der Waals surface area contributed by atoms with Gasteiger partial charge in [-0.1, -0.05) is 44.2 Å². The monoisotopic (exact) mass is 306 g/mol. The zero-order valence-corrected chi connectivity index (χ0v) is 13.4. The van der Waals surface area contributed by atoms with Gasteiger partial charge in [-0.2, -0.15) is 0 Å². The van der Waals surface area contributed by atoms with E-state index < -0.39 is 17.2 Å². The van der Waals surface area contributed by atoms with E-state index in [4.69, 9.17) is 5.11 Å². The molecule has 0 aliphatic heterocycles. The fourth-order valence-corrected chi connectivity index (χ4v) is 4.32. The fourth-order valence-electron chi connectivity index (χ4n) is 4.32. The maximum atomic E-state index is 11.2. The third-order valence-corrected chi connectivity index (χ3v) is 5.13. The highest BCUT2D eigenvalue weighted by Crippen LogP contribution is 2.51. The molecular formula is C18H26O4. The molecule has 0 unspecified atom stereocenters. The Labute approximate surface area is 131 Å². The number of carbonyl (C=O) groups is 1. The summed E-state index contributed by atoms with van der Waals surface area (Å²) in [6.45, 7) is 5.90. The molecule has 4 nitrogen and oxygen atoms in total. The summed E-state index contributed by atoms with van der Waals surface area (Å²) in [6.07, 6.45) is 11.2. The van der Waals surface area contributed by atoms with Gasteiger partial charge in [-0.3, -0.25) is 0 Å². The van der Waals surface area contributed by atoms with E-state index in [1.165, 1.54) is 6.08 Å². The predicted molar refractivity (Wildman–Crippen MR) is 85.2 cm³/mol. The highest BCUT2D eigenvalue weighted by atomic mass is 16.4. The number of hydrogen-bond donors (Lipinski definition) is 3. The molecule has 0 saturated heterocycles. The lowest BCUT2D eigenvalue weighted by molar-refractivity contribution is -0.131. The summed E-state index contributed by atoms with van der Waals surface area (Å²) >= 11 is 0. The molecule has 4 heteroatoms. The molecule has 122 valence electrons. The van der Waals surface area contributed by atoms with E-state index in [-0.39, 0.29) is 23.7 Å². The smallest absolute Gasteiger partial charge is 0.328 e. The molecule has 2 rings (SSSR count). The number of hydrogen-bond acceptors (Lipinski definition) is 3. The van der Waals surface area contributed by atoms with Gasteiger partial charge >= 0.3 is 5.97 Å². The average Bonchev–Trinajstić information content (AvgIpc) is 2.37. The third-order valence-electron chi connectivity index (χ3n) is 5.13. The van der Waals surface area contributed by atoms with Crippen molar-refractivity contribution in [3.63, 3.8) is 0 Å². The Morgan fingerprint density at radius 3 is 2.50 bits per heavy atom. The molecule has 0 aromatic heterocycles. The van der Waals surface area contributed by atoms with Crippen molar-refractivity contribution < 1.29 is 20.1 Å². The van der Waals surface area contributed by atoms with Crippen LogP contribution in [0, 0.1) is 23.7 Å². The molecule has 2 aliphatic rings. The zero-order valence-electron chi connectivity index (χ0n) is 13.4. The summed E-state index contributed by atoms with van der Waals surface area (Å²) < 4.78 is 0. The van der Waals surface area contributed by atoms with Crippen LogP contribution in [0.4, 0.5) is 0 Å². The van der Waals surface area contributed by atoms with Crippen molar-refractivity contribution in [1.82, 2.24) is 0 Å². The molecule has 1 fully saturated rings. The van der Waals surface area contributed by atoms with E-state index in [1.807, 2.05) is 19.9 Å². The Kier molecular flexibility index (Phi) is 4.64. The van der Waals surface area contributed by atoms with Crippen LogP contribution in [-0.4, -0.2) is 32.5 Å². The Balaban J connectivity index is 2.29. The van der Waals surface area contributed by atoms with Gasteiger partial charge in [-0.05, 0) is 31.6 Å². The van der Waals surface area contributed by atoms with Crippen molar-refractivity contribution in [2.45, 2.75) is 44.8 Å². The van der Waals surface area contributed by atoms with Gasteiger partial charge in [0.15, 0.2) is 0 Å². The van der Waals surface area contributed by atoms with Crippen LogP contribution in [0.2, 0.25) is 0 Å². The van der Waals surface area contributed by atoms with Crippen LogP contribution in [-0.2, 0) is 4.79 Å². The topological polar surface area (TPSA) is 77.8 Å². The third kappa shape index (κ3) is 3.33. The molecule has 0 aromatic rings. The normalized spacial score (nSPS) is 45.3. The minimum absolute atomic E-state index is 0.0298. The molecular weight excluding hydrogens is 280 g/mol. The Morgan fingerprint density at radius 1 is 1.18 bits per heavy atom. The van der Waals surface area contributed by atoms with Crippen LogP contribution < -0.4 is 0 Å². The number of rotatable bonds is 3. The number of fused-ring (bicyclic) bond motifs is 1. The Morgan fingerprint density at radius 2 is 1.86 bits per heavy atom. The van der Waals surface area contributed by atoms with Crippen molar-refractivity contribution in [2.24, 2.45) is 23.7 Å². The van der Waals surface area contributed by atoms with Crippen LogP contribution in [0.15, 0.2) is 36.5 Å². The number of carboxylic acid groups (broad SMARTS) is 1. The minimum Gasteiger partial charge on any atom is -0.478 e. The second-order valence-corrected chi connectivity index (χ2v) is 7.19. The van der Waals surface area contributed by atoms with E-state index in [0.29, 0.717) is 12.8 Å².